The van der Waals surface area contributed by atoms with Crippen molar-refractivity contribution in [3.8, 4) is 0 Å². The maximum absolute atomic E-state index is 12.2. The van der Waals surface area contributed by atoms with E-state index in [0.717, 1.165) is 24.9 Å². The number of anilines is 1. The SMILES string of the molecule is Cc1ccc(C(=O)N2CCCC2C)cc1N. The van der Waals surface area contributed by atoms with Gasteiger partial charge in [-0.2, -0.15) is 0 Å². The van der Waals surface area contributed by atoms with Gasteiger partial charge >= 0.3 is 0 Å². The molecule has 3 nitrogen and oxygen atoms in total. The van der Waals surface area contributed by atoms with E-state index < -0.39 is 0 Å². The first-order chi connectivity index (χ1) is 7.59. The predicted octanol–water partition coefficient (Wildman–Crippen LogP) is 2.20. The third-order valence-electron chi connectivity index (χ3n) is 3.34. The minimum Gasteiger partial charge on any atom is -0.398 e. The summed E-state index contributed by atoms with van der Waals surface area (Å²) < 4.78 is 0. The Bertz CT molecular complexity index is 414. The fourth-order valence-corrected chi connectivity index (χ4v) is 2.17. The maximum Gasteiger partial charge on any atom is 0.254 e. The molecule has 1 unspecified atom stereocenters. The predicted molar refractivity (Wildman–Crippen MR) is 65.3 cm³/mol. The molecule has 1 amide bonds. The number of rotatable bonds is 1. The molecule has 3 heteroatoms. The molecule has 0 saturated carbocycles. The Kier molecular flexibility index (Phi) is 2.86. The lowest BCUT2D eigenvalue weighted by Crippen LogP contribution is -2.33. The summed E-state index contributed by atoms with van der Waals surface area (Å²) in [5.41, 5.74) is 8.24. The third kappa shape index (κ3) is 1.90. The minimum atomic E-state index is 0.108. The topological polar surface area (TPSA) is 46.3 Å². The highest BCUT2D eigenvalue weighted by atomic mass is 16.2. The number of carbonyl (C=O) groups excluding carboxylic acids is 1. The number of likely N-dealkylation sites (tertiary alicyclic amines) is 1. The molecule has 1 fully saturated rings. The van der Waals surface area contributed by atoms with Crippen LogP contribution in [0.3, 0.4) is 0 Å². The van der Waals surface area contributed by atoms with Crippen molar-refractivity contribution in [2.75, 3.05) is 12.3 Å². The average molecular weight is 218 g/mol. The molecule has 2 N–H and O–H groups in total. The molecular formula is C13H18N2O. The molecule has 1 atom stereocenters. The Morgan fingerprint density at radius 2 is 2.25 bits per heavy atom. The van der Waals surface area contributed by atoms with E-state index in [9.17, 15) is 4.79 Å². The largest absolute Gasteiger partial charge is 0.398 e. The van der Waals surface area contributed by atoms with Gasteiger partial charge in [0.05, 0.1) is 0 Å². The molecule has 1 saturated heterocycles. The number of aryl methyl sites for hydroxylation is 1. The first-order valence-corrected chi connectivity index (χ1v) is 5.76. The number of amides is 1. The van der Waals surface area contributed by atoms with Gasteiger partial charge in [0, 0.05) is 23.8 Å². The van der Waals surface area contributed by atoms with E-state index in [0.29, 0.717) is 17.3 Å². The lowest BCUT2D eigenvalue weighted by atomic mass is 10.1. The Balaban J connectivity index is 2.23. The lowest BCUT2D eigenvalue weighted by Gasteiger charge is -2.21. The Morgan fingerprint density at radius 3 is 2.81 bits per heavy atom. The smallest absolute Gasteiger partial charge is 0.254 e. The highest BCUT2D eigenvalue weighted by Gasteiger charge is 2.25. The van der Waals surface area contributed by atoms with Crippen LogP contribution in [0, 0.1) is 6.92 Å². The highest BCUT2D eigenvalue weighted by molar-refractivity contribution is 5.95. The van der Waals surface area contributed by atoms with E-state index in [2.05, 4.69) is 6.92 Å². The molecule has 1 aliphatic rings. The zero-order chi connectivity index (χ0) is 11.7. The zero-order valence-corrected chi connectivity index (χ0v) is 9.86. The Morgan fingerprint density at radius 1 is 1.50 bits per heavy atom. The van der Waals surface area contributed by atoms with Crippen LogP contribution in [0.5, 0.6) is 0 Å². The van der Waals surface area contributed by atoms with Gasteiger partial charge in [0.15, 0.2) is 0 Å². The van der Waals surface area contributed by atoms with Gasteiger partial charge in [-0.25, -0.2) is 0 Å². The van der Waals surface area contributed by atoms with Crippen molar-refractivity contribution >= 4 is 11.6 Å². The van der Waals surface area contributed by atoms with Gasteiger partial charge in [-0.1, -0.05) is 6.07 Å². The molecule has 1 aliphatic heterocycles. The third-order valence-corrected chi connectivity index (χ3v) is 3.34. The van der Waals surface area contributed by atoms with Gasteiger partial charge in [0.1, 0.15) is 0 Å². The van der Waals surface area contributed by atoms with Crippen LogP contribution in [0.1, 0.15) is 35.7 Å². The summed E-state index contributed by atoms with van der Waals surface area (Å²) in [5.74, 6) is 0.108. The van der Waals surface area contributed by atoms with E-state index in [-0.39, 0.29) is 5.91 Å². The van der Waals surface area contributed by atoms with Crippen molar-refractivity contribution in [2.45, 2.75) is 32.7 Å². The number of nitrogens with zero attached hydrogens (tertiary/aromatic N) is 1. The first kappa shape index (κ1) is 11.0. The maximum atomic E-state index is 12.2. The summed E-state index contributed by atoms with van der Waals surface area (Å²) in [6, 6.07) is 5.90. The van der Waals surface area contributed by atoms with Crippen LogP contribution in [0.15, 0.2) is 18.2 Å². The molecular weight excluding hydrogens is 200 g/mol. The molecule has 1 heterocycles. The molecule has 2 rings (SSSR count). The molecule has 86 valence electrons. The standard InChI is InChI=1S/C13H18N2O/c1-9-5-6-11(8-12(9)14)13(16)15-7-3-4-10(15)2/h5-6,8,10H,3-4,7,14H2,1-2H3. The second-order valence-corrected chi connectivity index (χ2v) is 4.56. The molecule has 0 aliphatic carbocycles. The van der Waals surface area contributed by atoms with Crippen LogP contribution in [-0.4, -0.2) is 23.4 Å². The van der Waals surface area contributed by atoms with Crippen LogP contribution >= 0.6 is 0 Å². The first-order valence-electron chi connectivity index (χ1n) is 5.76. The van der Waals surface area contributed by atoms with Gasteiger partial charge in [-0.15, -0.1) is 0 Å². The molecule has 0 radical (unpaired) electrons. The van der Waals surface area contributed by atoms with E-state index in [1.54, 1.807) is 6.07 Å². The Labute approximate surface area is 96.2 Å². The fraction of sp³-hybridized carbons (Fsp3) is 0.462. The molecule has 0 spiro atoms. The second kappa shape index (κ2) is 4.16. The summed E-state index contributed by atoms with van der Waals surface area (Å²) in [6.45, 7) is 4.91. The fourth-order valence-electron chi connectivity index (χ4n) is 2.17. The van der Waals surface area contributed by atoms with Gasteiger partial charge in [-0.3, -0.25) is 4.79 Å². The van der Waals surface area contributed by atoms with Gasteiger partial charge < -0.3 is 10.6 Å². The number of benzene rings is 1. The van der Waals surface area contributed by atoms with Crippen LogP contribution in [-0.2, 0) is 0 Å². The normalized spacial score (nSPS) is 20.1. The lowest BCUT2D eigenvalue weighted by molar-refractivity contribution is 0.0747. The van der Waals surface area contributed by atoms with Gasteiger partial charge in [0.2, 0.25) is 0 Å². The summed E-state index contributed by atoms with van der Waals surface area (Å²) in [6.07, 6.45) is 2.21. The average Bonchev–Trinajstić information content (AvgIpc) is 2.67. The van der Waals surface area contributed by atoms with Crippen molar-refractivity contribution in [1.82, 2.24) is 4.90 Å². The molecule has 1 aromatic rings. The quantitative estimate of drug-likeness (QED) is 0.734. The van der Waals surface area contributed by atoms with E-state index >= 15 is 0 Å². The summed E-state index contributed by atoms with van der Waals surface area (Å²) in [5, 5.41) is 0. The molecule has 0 bridgehead atoms. The van der Waals surface area contributed by atoms with E-state index in [4.69, 9.17) is 5.73 Å². The van der Waals surface area contributed by atoms with Crippen LogP contribution < -0.4 is 5.73 Å². The van der Waals surface area contributed by atoms with Crippen molar-refractivity contribution < 1.29 is 4.79 Å². The van der Waals surface area contributed by atoms with Crippen molar-refractivity contribution in [2.24, 2.45) is 0 Å². The monoisotopic (exact) mass is 218 g/mol. The number of nitrogens with two attached hydrogens (primary N) is 1. The van der Waals surface area contributed by atoms with Crippen LogP contribution in [0.25, 0.3) is 0 Å². The van der Waals surface area contributed by atoms with Crippen LogP contribution in [0.2, 0.25) is 0 Å². The summed E-state index contributed by atoms with van der Waals surface area (Å²) in [4.78, 5) is 14.1. The van der Waals surface area contributed by atoms with Crippen LogP contribution in [0.4, 0.5) is 5.69 Å². The number of hydrogen-bond acceptors (Lipinski definition) is 2. The second-order valence-electron chi connectivity index (χ2n) is 4.56. The summed E-state index contributed by atoms with van der Waals surface area (Å²) in [7, 11) is 0. The Hall–Kier alpha value is -1.51. The van der Waals surface area contributed by atoms with Gasteiger partial charge in [-0.05, 0) is 44.4 Å². The van der Waals surface area contributed by atoms with Crippen molar-refractivity contribution in [3.63, 3.8) is 0 Å². The number of carbonyl (C=O) groups is 1. The molecule has 0 aromatic heterocycles. The molecule has 16 heavy (non-hydrogen) atoms. The highest BCUT2D eigenvalue weighted by Crippen LogP contribution is 2.21. The van der Waals surface area contributed by atoms with Crippen molar-refractivity contribution in [3.05, 3.63) is 29.3 Å². The van der Waals surface area contributed by atoms with Crippen molar-refractivity contribution in [1.29, 1.82) is 0 Å². The van der Waals surface area contributed by atoms with E-state index in [1.165, 1.54) is 0 Å². The van der Waals surface area contributed by atoms with E-state index in [1.807, 2.05) is 24.0 Å². The summed E-state index contributed by atoms with van der Waals surface area (Å²) >= 11 is 0. The molecule has 1 aromatic carbocycles. The minimum absolute atomic E-state index is 0.108. The zero-order valence-electron chi connectivity index (χ0n) is 9.86. The number of nitrogen functional groups attached to an aromatic ring is 1. The number of hydrogen-bond donors (Lipinski definition) is 1. The van der Waals surface area contributed by atoms with Gasteiger partial charge in [0.25, 0.3) is 5.91 Å².